The van der Waals surface area contributed by atoms with Crippen LogP contribution in [0.3, 0.4) is 0 Å². The van der Waals surface area contributed by atoms with Crippen molar-refractivity contribution in [1.29, 1.82) is 0 Å². The number of nitrogens with zero attached hydrogens (tertiary/aromatic N) is 1. The van der Waals surface area contributed by atoms with Crippen LogP contribution in [-0.4, -0.2) is 10.8 Å². The second kappa shape index (κ2) is 5.77. The van der Waals surface area contributed by atoms with Crippen molar-refractivity contribution in [2.75, 3.05) is 5.73 Å². The molecule has 21 heavy (non-hydrogen) atoms. The molecule has 110 valence electrons. The van der Waals surface area contributed by atoms with E-state index in [1.807, 2.05) is 0 Å². The Morgan fingerprint density at radius 1 is 1.24 bits per heavy atom. The van der Waals surface area contributed by atoms with E-state index in [2.05, 4.69) is 4.98 Å². The lowest BCUT2D eigenvalue weighted by atomic mass is 10.1. The number of Topliss-reactive ketones (excluding diaryl/α,β-unsaturated/α-hetero) is 1. The number of ketones is 1. The van der Waals surface area contributed by atoms with Crippen molar-refractivity contribution in [1.82, 2.24) is 4.98 Å². The largest absolute Gasteiger partial charge is 0.417 e. The van der Waals surface area contributed by atoms with Gasteiger partial charge in [-0.25, -0.2) is 4.98 Å². The summed E-state index contributed by atoms with van der Waals surface area (Å²) in [5.41, 5.74) is 5.63. The number of nitrogens with two attached hydrogens (primary N) is 1. The van der Waals surface area contributed by atoms with Gasteiger partial charge in [0.25, 0.3) is 0 Å². The van der Waals surface area contributed by atoms with E-state index in [-0.39, 0.29) is 5.78 Å². The zero-order chi connectivity index (χ0) is 15.6. The van der Waals surface area contributed by atoms with E-state index in [4.69, 9.17) is 5.73 Å². The second-order valence-electron chi connectivity index (χ2n) is 4.29. The Kier molecular flexibility index (Phi) is 4.22. The quantitative estimate of drug-likeness (QED) is 0.686. The highest BCUT2D eigenvalue weighted by Gasteiger charge is 2.30. The smallest absolute Gasteiger partial charge is 0.398 e. The van der Waals surface area contributed by atoms with Gasteiger partial charge in [0.15, 0.2) is 5.78 Å². The molecule has 1 aromatic heterocycles. The highest BCUT2D eigenvalue weighted by atomic mass is 32.2. The molecule has 1 heterocycles. The van der Waals surface area contributed by atoms with Crippen LogP contribution in [0.4, 0.5) is 18.9 Å². The van der Waals surface area contributed by atoms with Crippen molar-refractivity contribution in [3.63, 3.8) is 0 Å². The van der Waals surface area contributed by atoms with Gasteiger partial charge in [0.05, 0.1) is 5.56 Å². The van der Waals surface area contributed by atoms with Crippen LogP contribution in [0.25, 0.3) is 0 Å². The molecule has 7 heteroatoms. The number of anilines is 1. The lowest BCUT2D eigenvalue weighted by Crippen LogP contribution is -2.05. The third-order valence-electron chi connectivity index (χ3n) is 2.69. The molecule has 2 aromatic rings. The van der Waals surface area contributed by atoms with Gasteiger partial charge in [-0.05, 0) is 37.3 Å². The maximum atomic E-state index is 12.4. The number of hydrogen-bond acceptors (Lipinski definition) is 4. The molecule has 0 aliphatic rings. The predicted octanol–water partition coefficient (Wildman–Crippen LogP) is 4.04. The number of halogens is 3. The van der Waals surface area contributed by atoms with Gasteiger partial charge in [0, 0.05) is 22.3 Å². The molecule has 0 aliphatic heterocycles. The molecule has 1 aromatic carbocycles. The van der Waals surface area contributed by atoms with Crippen LogP contribution >= 0.6 is 11.8 Å². The van der Waals surface area contributed by atoms with Crippen molar-refractivity contribution in [3.8, 4) is 0 Å². The first-order valence-electron chi connectivity index (χ1n) is 5.89. The molecule has 0 aliphatic carbocycles. The van der Waals surface area contributed by atoms with Crippen molar-refractivity contribution in [2.45, 2.75) is 23.0 Å². The van der Waals surface area contributed by atoms with Crippen LogP contribution in [0.1, 0.15) is 22.8 Å². The maximum Gasteiger partial charge on any atom is 0.417 e. The van der Waals surface area contributed by atoms with E-state index in [1.165, 1.54) is 13.0 Å². The number of nitrogen functional groups attached to an aromatic ring is 1. The first kappa shape index (κ1) is 15.4. The molecule has 0 saturated heterocycles. The van der Waals surface area contributed by atoms with E-state index in [0.717, 1.165) is 24.0 Å². The second-order valence-corrected chi connectivity index (χ2v) is 5.38. The number of hydrogen-bond donors (Lipinski definition) is 1. The summed E-state index contributed by atoms with van der Waals surface area (Å²) >= 11 is 1.16. The third-order valence-corrected chi connectivity index (χ3v) is 3.63. The Hall–Kier alpha value is -2.02. The summed E-state index contributed by atoms with van der Waals surface area (Å²) in [6.45, 7) is 1.40. The fraction of sp³-hybridized carbons (Fsp3) is 0.143. The predicted molar refractivity (Wildman–Crippen MR) is 74.2 cm³/mol. The number of pyridine rings is 1. The summed E-state index contributed by atoms with van der Waals surface area (Å²) in [4.78, 5) is 15.8. The van der Waals surface area contributed by atoms with Crippen molar-refractivity contribution >= 4 is 23.2 Å². The maximum absolute atomic E-state index is 12.4. The minimum atomic E-state index is -4.40. The Balaban J connectivity index is 2.22. The average Bonchev–Trinajstić information content (AvgIpc) is 2.40. The Labute approximate surface area is 123 Å². The molecule has 0 saturated carbocycles. The summed E-state index contributed by atoms with van der Waals surface area (Å²) in [6, 6.07) is 7.13. The zero-order valence-electron chi connectivity index (χ0n) is 10.9. The molecule has 0 atom stereocenters. The van der Waals surface area contributed by atoms with Gasteiger partial charge >= 0.3 is 6.18 Å². The molecule has 0 radical (unpaired) electrons. The van der Waals surface area contributed by atoms with Crippen LogP contribution in [0.5, 0.6) is 0 Å². The normalized spacial score (nSPS) is 11.4. The minimum Gasteiger partial charge on any atom is -0.398 e. The third kappa shape index (κ3) is 3.75. The number of rotatable bonds is 3. The van der Waals surface area contributed by atoms with Gasteiger partial charge in [0.2, 0.25) is 0 Å². The molecular weight excluding hydrogens is 301 g/mol. The highest BCUT2D eigenvalue weighted by Crippen LogP contribution is 2.32. The van der Waals surface area contributed by atoms with Gasteiger partial charge < -0.3 is 5.73 Å². The summed E-state index contributed by atoms with van der Waals surface area (Å²) in [5.74, 6) is -0.171. The molecule has 0 fully saturated rings. The first-order chi connectivity index (χ1) is 9.77. The fourth-order valence-corrected chi connectivity index (χ4v) is 2.43. The van der Waals surface area contributed by atoms with Crippen LogP contribution in [0, 0.1) is 0 Å². The summed E-state index contributed by atoms with van der Waals surface area (Å²) in [6.07, 6.45) is -3.62. The van der Waals surface area contributed by atoms with Crippen molar-refractivity contribution in [2.24, 2.45) is 0 Å². The first-order valence-corrected chi connectivity index (χ1v) is 6.70. The van der Waals surface area contributed by atoms with Gasteiger partial charge in [-0.15, -0.1) is 0 Å². The molecule has 0 amide bonds. The molecule has 3 nitrogen and oxygen atoms in total. The molecule has 0 bridgehead atoms. The van der Waals surface area contributed by atoms with Crippen LogP contribution in [0.15, 0.2) is 46.5 Å². The van der Waals surface area contributed by atoms with E-state index >= 15 is 0 Å². The van der Waals surface area contributed by atoms with E-state index < -0.39 is 11.7 Å². The number of alkyl halides is 3. The van der Waals surface area contributed by atoms with Gasteiger partial charge in [-0.1, -0.05) is 11.8 Å². The number of aromatic nitrogens is 1. The number of carbonyl (C=O) groups excluding carboxylic acids is 1. The fourth-order valence-electron chi connectivity index (χ4n) is 1.63. The van der Waals surface area contributed by atoms with E-state index in [0.29, 0.717) is 21.2 Å². The summed E-state index contributed by atoms with van der Waals surface area (Å²) in [7, 11) is 0. The average molecular weight is 312 g/mol. The van der Waals surface area contributed by atoms with Gasteiger partial charge in [-0.2, -0.15) is 13.2 Å². The van der Waals surface area contributed by atoms with Gasteiger partial charge in [0.1, 0.15) is 5.03 Å². The lowest BCUT2D eigenvalue weighted by Gasteiger charge is -2.08. The summed E-state index contributed by atoms with van der Waals surface area (Å²) in [5, 5.41) is 0.405. The monoisotopic (exact) mass is 312 g/mol. The zero-order valence-corrected chi connectivity index (χ0v) is 11.8. The van der Waals surface area contributed by atoms with Gasteiger partial charge in [-0.3, -0.25) is 4.79 Å². The Morgan fingerprint density at radius 2 is 1.95 bits per heavy atom. The van der Waals surface area contributed by atoms with Crippen LogP contribution < -0.4 is 5.73 Å². The lowest BCUT2D eigenvalue weighted by molar-refractivity contribution is -0.137. The number of carbonyl (C=O) groups is 1. The topological polar surface area (TPSA) is 56.0 Å². The molecule has 2 rings (SSSR count). The van der Waals surface area contributed by atoms with Crippen molar-refractivity contribution in [3.05, 3.63) is 47.7 Å². The number of benzene rings is 1. The molecular formula is C14H11F3N2OS. The van der Waals surface area contributed by atoms with E-state index in [9.17, 15) is 18.0 Å². The van der Waals surface area contributed by atoms with E-state index in [1.54, 1.807) is 18.2 Å². The minimum absolute atomic E-state index is 0.171. The highest BCUT2D eigenvalue weighted by molar-refractivity contribution is 7.99. The van der Waals surface area contributed by atoms with Crippen LogP contribution in [0.2, 0.25) is 0 Å². The molecule has 0 unspecified atom stereocenters. The molecule has 2 N–H and O–H groups in total. The van der Waals surface area contributed by atoms with Crippen molar-refractivity contribution < 1.29 is 18.0 Å². The SMILES string of the molecule is CC(=O)c1cc(Sc2ccc(C(F)(F)F)cn2)ccc1N. The standard InChI is InChI=1S/C14H11F3N2OS/c1-8(20)11-6-10(3-4-12(11)18)21-13-5-2-9(7-19-13)14(15,16)17/h2-7H,18H2,1H3. The summed E-state index contributed by atoms with van der Waals surface area (Å²) < 4.78 is 37.3. The Morgan fingerprint density at radius 3 is 2.48 bits per heavy atom. The molecule has 0 spiro atoms. The van der Waals surface area contributed by atoms with Crippen LogP contribution in [-0.2, 0) is 6.18 Å². The Bertz CT molecular complexity index is 669.